The second kappa shape index (κ2) is 5.18. The van der Waals surface area contributed by atoms with Crippen LogP contribution in [0.1, 0.15) is 5.56 Å². The SMILES string of the molecule is Cc1c(N)cccc1OCCNS(C)(=O)=O. The van der Waals surface area contributed by atoms with Crippen LogP contribution in [0, 0.1) is 6.92 Å². The Morgan fingerprint density at radius 2 is 2.12 bits per heavy atom. The maximum atomic E-state index is 10.8. The fraction of sp³-hybridized carbons (Fsp3) is 0.400. The molecule has 16 heavy (non-hydrogen) atoms. The predicted molar refractivity (Wildman–Crippen MR) is 63.9 cm³/mol. The Morgan fingerprint density at radius 3 is 2.75 bits per heavy atom. The summed E-state index contributed by atoms with van der Waals surface area (Å²) < 4.78 is 29.3. The van der Waals surface area contributed by atoms with Gasteiger partial charge in [-0.1, -0.05) is 6.07 Å². The summed E-state index contributed by atoms with van der Waals surface area (Å²) in [5.74, 6) is 0.676. The molecule has 5 nitrogen and oxygen atoms in total. The summed E-state index contributed by atoms with van der Waals surface area (Å²) >= 11 is 0. The molecule has 1 aromatic carbocycles. The number of benzene rings is 1. The van der Waals surface area contributed by atoms with Gasteiger partial charge in [0.15, 0.2) is 0 Å². The molecule has 90 valence electrons. The zero-order valence-electron chi connectivity index (χ0n) is 9.36. The Kier molecular flexibility index (Phi) is 4.14. The maximum Gasteiger partial charge on any atom is 0.208 e. The molecular weight excluding hydrogens is 228 g/mol. The summed E-state index contributed by atoms with van der Waals surface area (Å²) in [6, 6.07) is 5.38. The van der Waals surface area contributed by atoms with Gasteiger partial charge in [0, 0.05) is 17.8 Å². The highest BCUT2D eigenvalue weighted by Gasteiger charge is 2.03. The minimum atomic E-state index is -3.15. The molecule has 0 spiro atoms. The molecule has 0 amide bonds. The van der Waals surface area contributed by atoms with E-state index in [0.717, 1.165) is 11.8 Å². The van der Waals surface area contributed by atoms with Gasteiger partial charge in [-0.3, -0.25) is 0 Å². The maximum absolute atomic E-state index is 10.8. The monoisotopic (exact) mass is 244 g/mol. The third-order valence-electron chi connectivity index (χ3n) is 2.05. The molecule has 0 fully saturated rings. The summed E-state index contributed by atoms with van der Waals surface area (Å²) in [7, 11) is -3.15. The first kappa shape index (κ1) is 12.8. The number of nitrogen functional groups attached to an aromatic ring is 1. The Labute approximate surface area is 95.7 Å². The minimum absolute atomic E-state index is 0.243. The third kappa shape index (κ3) is 4.08. The number of ether oxygens (including phenoxy) is 1. The highest BCUT2D eigenvalue weighted by atomic mass is 32.2. The van der Waals surface area contributed by atoms with Gasteiger partial charge < -0.3 is 10.5 Å². The van der Waals surface area contributed by atoms with Gasteiger partial charge in [-0.25, -0.2) is 13.1 Å². The molecule has 0 atom stereocenters. The minimum Gasteiger partial charge on any atom is -0.492 e. The fourth-order valence-corrected chi connectivity index (χ4v) is 1.63. The number of rotatable bonds is 5. The van der Waals surface area contributed by atoms with E-state index in [1.54, 1.807) is 18.2 Å². The van der Waals surface area contributed by atoms with Crippen molar-refractivity contribution in [3.63, 3.8) is 0 Å². The first-order chi connectivity index (χ1) is 7.40. The molecule has 0 saturated carbocycles. The van der Waals surface area contributed by atoms with E-state index in [9.17, 15) is 8.42 Å². The van der Waals surface area contributed by atoms with Crippen LogP contribution in [0.2, 0.25) is 0 Å². The second-order valence-corrected chi connectivity index (χ2v) is 5.32. The molecule has 0 unspecified atom stereocenters. The molecule has 0 saturated heterocycles. The van der Waals surface area contributed by atoms with Gasteiger partial charge in [0.25, 0.3) is 0 Å². The van der Waals surface area contributed by atoms with Crippen molar-refractivity contribution in [3.8, 4) is 5.75 Å². The Morgan fingerprint density at radius 1 is 1.44 bits per heavy atom. The lowest BCUT2D eigenvalue weighted by atomic mass is 10.2. The number of hydrogen-bond donors (Lipinski definition) is 2. The average Bonchev–Trinajstić information content (AvgIpc) is 2.17. The molecule has 0 aliphatic heterocycles. The number of sulfonamides is 1. The van der Waals surface area contributed by atoms with Crippen molar-refractivity contribution in [2.45, 2.75) is 6.92 Å². The lowest BCUT2D eigenvalue weighted by molar-refractivity contribution is 0.321. The lowest BCUT2D eigenvalue weighted by Gasteiger charge is -2.10. The summed E-state index contributed by atoms with van der Waals surface area (Å²) in [4.78, 5) is 0. The molecule has 0 heterocycles. The molecule has 3 N–H and O–H groups in total. The van der Waals surface area contributed by atoms with Gasteiger partial charge in [-0.05, 0) is 19.1 Å². The molecule has 1 aromatic rings. The number of anilines is 1. The van der Waals surface area contributed by atoms with E-state index in [2.05, 4.69) is 4.72 Å². The van der Waals surface area contributed by atoms with Crippen molar-refractivity contribution >= 4 is 15.7 Å². The molecular formula is C10H16N2O3S. The summed E-state index contributed by atoms with van der Waals surface area (Å²) in [6.07, 6.45) is 1.11. The van der Waals surface area contributed by atoms with Gasteiger partial charge in [0.05, 0.1) is 6.26 Å². The summed E-state index contributed by atoms with van der Waals surface area (Å²) in [5.41, 5.74) is 7.23. The Bertz CT molecular complexity index is 457. The number of nitrogens with two attached hydrogens (primary N) is 1. The van der Waals surface area contributed by atoms with Crippen LogP contribution in [0.15, 0.2) is 18.2 Å². The zero-order chi connectivity index (χ0) is 12.2. The van der Waals surface area contributed by atoms with Crippen molar-refractivity contribution in [1.29, 1.82) is 0 Å². The average molecular weight is 244 g/mol. The van der Waals surface area contributed by atoms with E-state index < -0.39 is 10.0 Å². The van der Waals surface area contributed by atoms with Crippen molar-refractivity contribution in [2.24, 2.45) is 0 Å². The van der Waals surface area contributed by atoms with Crippen LogP contribution < -0.4 is 15.2 Å². The number of hydrogen-bond acceptors (Lipinski definition) is 4. The first-order valence-electron chi connectivity index (χ1n) is 4.82. The molecule has 0 aliphatic rings. The van der Waals surface area contributed by atoms with Crippen molar-refractivity contribution < 1.29 is 13.2 Å². The molecule has 1 rings (SSSR count). The van der Waals surface area contributed by atoms with E-state index in [4.69, 9.17) is 10.5 Å². The van der Waals surface area contributed by atoms with Gasteiger partial charge in [0.2, 0.25) is 10.0 Å². The van der Waals surface area contributed by atoms with Crippen LogP contribution >= 0.6 is 0 Å². The van der Waals surface area contributed by atoms with E-state index in [-0.39, 0.29) is 13.2 Å². The first-order valence-corrected chi connectivity index (χ1v) is 6.72. The molecule has 0 aromatic heterocycles. The van der Waals surface area contributed by atoms with Crippen molar-refractivity contribution in [2.75, 3.05) is 25.1 Å². The highest BCUT2D eigenvalue weighted by molar-refractivity contribution is 7.88. The topological polar surface area (TPSA) is 81.4 Å². The molecule has 0 aliphatic carbocycles. The third-order valence-corrected chi connectivity index (χ3v) is 2.78. The van der Waals surface area contributed by atoms with Gasteiger partial charge in [-0.15, -0.1) is 0 Å². The largest absolute Gasteiger partial charge is 0.492 e. The van der Waals surface area contributed by atoms with Crippen molar-refractivity contribution in [1.82, 2.24) is 4.72 Å². The fourth-order valence-electron chi connectivity index (χ4n) is 1.18. The van der Waals surface area contributed by atoms with Crippen molar-refractivity contribution in [3.05, 3.63) is 23.8 Å². The van der Waals surface area contributed by atoms with Gasteiger partial charge in [-0.2, -0.15) is 0 Å². The highest BCUT2D eigenvalue weighted by Crippen LogP contribution is 2.22. The van der Waals surface area contributed by atoms with E-state index in [0.29, 0.717) is 11.4 Å². The van der Waals surface area contributed by atoms with Crippen LogP contribution in [-0.2, 0) is 10.0 Å². The van der Waals surface area contributed by atoms with Crippen LogP contribution in [-0.4, -0.2) is 27.8 Å². The van der Waals surface area contributed by atoms with Crippen LogP contribution in [0.3, 0.4) is 0 Å². The summed E-state index contributed by atoms with van der Waals surface area (Å²) in [6.45, 7) is 2.37. The van der Waals surface area contributed by atoms with E-state index in [1.807, 2.05) is 6.92 Å². The van der Waals surface area contributed by atoms with Crippen LogP contribution in [0.5, 0.6) is 5.75 Å². The Balaban J connectivity index is 2.47. The van der Waals surface area contributed by atoms with Gasteiger partial charge >= 0.3 is 0 Å². The number of nitrogens with one attached hydrogen (secondary N) is 1. The van der Waals surface area contributed by atoms with Gasteiger partial charge in [0.1, 0.15) is 12.4 Å². The molecule has 0 radical (unpaired) electrons. The standard InChI is InChI=1S/C10H16N2O3S/c1-8-9(11)4-3-5-10(8)15-7-6-12-16(2,13)14/h3-5,12H,6-7,11H2,1-2H3. The van der Waals surface area contributed by atoms with E-state index >= 15 is 0 Å². The predicted octanol–water partition coefficient (Wildman–Crippen LogP) is 0.505. The Hall–Kier alpha value is -1.27. The van der Waals surface area contributed by atoms with E-state index in [1.165, 1.54) is 0 Å². The lowest BCUT2D eigenvalue weighted by Crippen LogP contribution is -2.27. The summed E-state index contributed by atoms with van der Waals surface area (Å²) in [5, 5.41) is 0. The molecule has 0 bridgehead atoms. The normalized spacial score (nSPS) is 11.4. The van der Waals surface area contributed by atoms with Crippen LogP contribution in [0.25, 0.3) is 0 Å². The van der Waals surface area contributed by atoms with Crippen LogP contribution in [0.4, 0.5) is 5.69 Å². The smallest absolute Gasteiger partial charge is 0.208 e. The quantitative estimate of drug-likeness (QED) is 0.584. The zero-order valence-corrected chi connectivity index (χ0v) is 10.2. The molecule has 6 heteroatoms. The second-order valence-electron chi connectivity index (χ2n) is 3.49.